The molecule has 5 heteroatoms. The number of carbonyl (C=O) groups is 1. The third-order valence-corrected chi connectivity index (χ3v) is 2.07. The molecule has 88 valence electrons. The average Bonchev–Trinajstić information content (AvgIpc) is 1.96. The molecule has 1 aromatic carbocycles. The van der Waals surface area contributed by atoms with Crippen LogP contribution < -0.4 is 0 Å². The average molecular weight is 293 g/mol. The van der Waals surface area contributed by atoms with Gasteiger partial charge in [-0.25, -0.2) is 13.6 Å². The number of benzene rings is 1. The Bertz CT molecular complexity index is 401. The van der Waals surface area contributed by atoms with Crippen LogP contribution in [0.2, 0.25) is 0 Å². The van der Waals surface area contributed by atoms with Crippen molar-refractivity contribution in [3.8, 4) is 0 Å². The van der Waals surface area contributed by atoms with Crippen molar-refractivity contribution in [2.75, 3.05) is 0 Å². The molecule has 0 radical (unpaired) electrons. The maximum atomic E-state index is 13.4. The number of hydrogen-bond donors (Lipinski definition) is 0. The minimum atomic E-state index is -1.00. The smallest absolute Gasteiger partial charge is 0.344 e. The molecule has 1 aromatic rings. The van der Waals surface area contributed by atoms with Crippen LogP contribution in [0.25, 0.3) is 0 Å². The summed E-state index contributed by atoms with van der Waals surface area (Å²) in [6, 6.07) is 2.03. The van der Waals surface area contributed by atoms with Gasteiger partial charge in [0.05, 0.1) is 0 Å². The van der Waals surface area contributed by atoms with E-state index in [1.165, 1.54) is 0 Å². The number of halogens is 3. The largest absolute Gasteiger partial charge is 0.456 e. The zero-order valence-corrected chi connectivity index (χ0v) is 10.7. The first-order valence-electron chi connectivity index (χ1n) is 4.58. The first-order valence-corrected chi connectivity index (χ1v) is 5.38. The number of carbonyl (C=O) groups excluding carboxylic acids is 1. The van der Waals surface area contributed by atoms with Crippen LogP contribution in [0.15, 0.2) is 16.6 Å². The van der Waals surface area contributed by atoms with Crippen LogP contribution in [0, 0.1) is 11.6 Å². The fourth-order valence-electron chi connectivity index (χ4n) is 1.07. The second-order valence-corrected chi connectivity index (χ2v) is 5.16. The molecule has 0 aliphatic carbocycles. The van der Waals surface area contributed by atoms with Crippen molar-refractivity contribution in [3.05, 3.63) is 33.8 Å². The Morgan fingerprint density at radius 2 is 1.69 bits per heavy atom. The van der Waals surface area contributed by atoms with Crippen LogP contribution in [-0.4, -0.2) is 11.6 Å². The third-order valence-electron chi connectivity index (χ3n) is 1.61. The van der Waals surface area contributed by atoms with E-state index >= 15 is 0 Å². The molecule has 0 spiro atoms. The van der Waals surface area contributed by atoms with Crippen molar-refractivity contribution in [1.82, 2.24) is 0 Å². The summed E-state index contributed by atoms with van der Waals surface area (Å²) in [6.45, 7) is 4.87. The highest BCUT2D eigenvalue weighted by atomic mass is 79.9. The maximum Gasteiger partial charge on any atom is 0.344 e. The Morgan fingerprint density at radius 1 is 1.25 bits per heavy atom. The van der Waals surface area contributed by atoms with Gasteiger partial charge in [0.25, 0.3) is 0 Å². The first-order chi connectivity index (χ1) is 7.20. The van der Waals surface area contributed by atoms with E-state index in [4.69, 9.17) is 4.74 Å². The van der Waals surface area contributed by atoms with E-state index in [-0.39, 0.29) is 4.47 Å². The van der Waals surface area contributed by atoms with Crippen LogP contribution in [0.1, 0.15) is 31.1 Å². The Morgan fingerprint density at radius 3 is 2.06 bits per heavy atom. The van der Waals surface area contributed by atoms with Crippen LogP contribution >= 0.6 is 15.9 Å². The highest BCUT2D eigenvalue weighted by Gasteiger charge is 2.24. The summed E-state index contributed by atoms with van der Waals surface area (Å²) in [4.78, 5) is 11.5. The minimum absolute atomic E-state index is 0.231. The molecule has 1 rings (SSSR count). The molecule has 0 aliphatic rings. The molecule has 0 saturated heterocycles. The molecule has 0 fully saturated rings. The standard InChI is InChI=1S/C11H11BrF2O2/c1-11(2,3)16-10(15)9-7(13)4-6(12)5-8(9)14/h4-5H,1-3H3. The second kappa shape index (κ2) is 4.49. The number of ether oxygens (including phenoxy) is 1. The second-order valence-electron chi connectivity index (χ2n) is 4.25. The Labute approximate surface area is 101 Å². The predicted octanol–water partition coefficient (Wildman–Crippen LogP) is 3.68. The third kappa shape index (κ3) is 3.27. The predicted molar refractivity (Wildman–Crippen MR) is 59.2 cm³/mol. The molecular formula is C11H11BrF2O2. The lowest BCUT2D eigenvalue weighted by atomic mass is 10.1. The summed E-state index contributed by atoms with van der Waals surface area (Å²) in [6.07, 6.45) is 0. The molecule has 0 N–H and O–H groups in total. The van der Waals surface area contributed by atoms with Gasteiger partial charge >= 0.3 is 5.97 Å². The van der Waals surface area contributed by atoms with Crippen molar-refractivity contribution in [3.63, 3.8) is 0 Å². The molecule has 0 unspecified atom stereocenters. The number of hydrogen-bond acceptors (Lipinski definition) is 2. The van der Waals surface area contributed by atoms with Crippen molar-refractivity contribution >= 4 is 21.9 Å². The molecule has 16 heavy (non-hydrogen) atoms. The molecule has 0 heterocycles. The Balaban J connectivity index is 3.10. The van der Waals surface area contributed by atoms with Crippen LogP contribution in [0.5, 0.6) is 0 Å². The molecule has 0 aliphatic heterocycles. The normalized spacial score (nSPS) is 11.4. The Kier molecular flexibility index (Phi) is 3.68. The molecule has 2 nitrogen and oxygen atoms in total. The fraction of sp³-hybridized carbons (Fsp3) is 0.364. The lowest BCUT2D eigenvalue weighted by molar-refractivity contribution is 0.00595. The molecule has 0 bridgehead atoms. The van der Waals surface area contributed by atoms with Gasteiger partial charge in [-0.3, -0.25) is 0 Å². The quantitative estimate of drug-likeness (QED) is 0.738. The van der Waals surface area contributed by atoms with Crippen molar-refractivity contribution < 1.29 is 18.3 Å². The molecular weight excluding hydrogens is 282 g/mol. The first kappa shape index (κ1) is 13.1. The summed E-state index contributed by atoms with van der Waals surface area (Å²) in [5, 5.41) is 0. The van der Waals surface area contributed by atoms with Gasteiger partial charge in [0.1, 0.15) is 22.8 Å². The van der Waals surface area contributed by atoms with Crippen molar-refractivity contribution in [2.45, 2.75) is 26.4 Å². The van der Waals surface area contributed by atoms with E-state index in [2.05, 4.69) is 15.9 Å². The highest BCUT2D eigenvalue weighted by Crippen LogP contribution is 2.22. The van der Waals surface area contributed by atoms with Crippen LogP contribution in [0.3, 0.4) is 0 Å². The fourth-order valence-corrected chi connectivity index (χ4v) is 1.47. The van der Waals surface area contributed by atoms with E-state index < -0.39 is 28.8 Å². The van der Waals surface area contributed by atoms with Gasteiger partial charge in [0.15, 0.2) is 0 Å². The lowest BCUT2D eigenvalue weighted by Crippen LogP contribution is -2.25. The number of esters is 1. The van der Waals surface area contributed by atoms with Crippen LogP contribution in [-0.2, 0) is 4.74 Å². The van der Waals surface area contributed by atoms with Crippen molar-refractivity contribution in [2.24, 2.45) is 0 Å². The Hall–Kier alpha value is -0.970. The molecule has 0 amide bonds. The summed E-state index contributed by atoms with van der Waals surface area (Å²) in [5.74, 6) is -2.89. The summed E-state index contributed by atoms with van der Waals surface area (Å²) >= 11 is 2.93. The van der Waals surface area contributed by atoms with E-state index in [1.807, 2.05) is 0 Å². The monoisotopic (exact) mass is 292 g/mol. The van der Waals surface area contributed by atoms with Gasteiger partial charge in [-0.05, 0) is 32.9 Å². The number of rotatable bonds is 1. The zero-order chi connectivity index (χ0) is 12.5. The van der Waals surface area contributed by atoms with Crippen molar-refractivity contribution in [1.29, 1.82) is 0 Å². The molecule has 0 saturated carbocycles. The lowest BCUT2D eigenvalue weighted by Gasteiger charge is -2.19. The maximum absolute atomic E-state index is 13.4. The SMILES string of the molecule is CC(C)(C)OC(=O)c1c(F)cc(Br)cc1F. The zero-order valence-electron chi connectivity index (χ0n) is 9.11. The van der Waals surface area contributed by atoms with Gasteiger partial charge in [-0.2, -0.15) is 0 Å². The van der Waals surface area contributed by atoms with Gasteiger partial charge in [0, 0.05) is 4.47 Å². The summed E-state index contributed by atoms with van der Waals surface area (Å²) in [5.41, 5.74) is -1.46. The van der Waals surface area contributed by atoms with Gasteiger partial charge < -0.3 is 4.74 Å². The minimum Gasteiger partial charge on any atom is -0.456 e. The van der Waals surface area contributed by atoms with E-state index in [0.29, 0.717) is 0 Å². The van der Waals surface area contributed by atoms with Crippen LogP contribution in [0.4, 0.5) is 8.78 Å². The van der Waals surface area contributed by atoms with E-state index in [9.17, 15) is 13.6 Å². The summed E-state index contributed by atoms with van der Waals surface area (Å²) < 4.78 is 31.9. The molecule has 0 aromatic heterocycles. The van der Waals surface area contributed by atoms with Gasteiger partial charge in [0.2, 0.25) is 0 Å². The highest BCUT2D eigenvalue weighted by molar-refractivity contribution is 9.10. The van der Waals surface area contributed by atoms with Gasteiger partial charge in [-0.15, -0.1) is 0 Å². The van der Waals surface area contributed by atoms with Gasteiger partial charge in [-0.1, -0.05) is 15.9 Å². The molecule has 0 atom stereocenters. The van der Waals surface area contributed by atoms with E-state index in [0.717, 1.165) is 12.1 Å². The summed E-state index contributed by atoms with van der Waals surface area (Å²) in [7, 11) is 0. The topological polar surface area (TPSA) is 26.3 Å². The van der Waals surface area contributed by atoms with E-state index in [1.54, 1.807) is 20.8 Å².